The average molecular weight is 340 g/mol. The Hall–Kier alpha value is -2.52. The maximum absolute atomic E-state index is 12.6. The van der Waals surface area contributed by atoms with Crippen LogP contribution in [0.4, 0.5) is 5.69 Å². The van der Waals surface area contributed by atoms with Crippen LogP contribution >= 0.6 is 11.6 Å². The average Bonchev–Trinajstić information content (AvgIpc) is 2.60. The monoisotopic (exact) mass is 339 g/mol. The largest absolute Gasteiger partial charge is 0.481 e. The Morgan fingerprint density at radius 2 is 1.83 bits per heavy atom. The van der Waals surface area contributed by atoms with Gasteiger partial charge in [-0.05, 0) is 36.1 Å². The summed E-state index contributed by atoms with van der Waals surface area (Å²) in [5.74, 6) is 0.413. The van der Waals surface area contributed by atoms with E-state index in [0.717, 1.165) is 16.5 Å². The Morgan fingerprint density at radius 1 is 1.08 bits per heavy atom. The van der Waals surface area contributed by atoms with Crippen molar-refractivity contribution in [1.29, 1.82) is 0 Å². The minimum Gasteiger partial charge on any atom is -0.481 e. The number of carbonyl (C=O) groups is 1. The molecule has 1 N–H and O–H groups in total. The first-order chi connectivity index (χ1) is 11.7. The molecular formula is C20H18ClNO2. The van der Waals surface area contributed by atoms with Gasteiger partial charge in [0.2, 0.25) is 0 Å². The first kappa shape index (κ1) is 16.3. The SMILES string of the molecule is CCC(Oc1cccc(Cl)c1)C(=O)Nc1cccc2ccccc12. The number of ether oxygens (including phenoxy) is 1. The number of hydrogen-bond donors (Lipinski definition) is 1. The van der Waals surface area contributed by atoms with Gasteiger partial charge in [0.15, 0.2) is 6.10 Å². The van der Waals surface area contributed by atoms with Crippen LogP contribution in [0.5, 0.6) is 5.75 Å². The molecule has 0 bridgehead atoms. The molecule has 0 fully saturated rings. The van der Waals surface area contributed by atoms with E-state index in [4.69, 9.17) is 16.3 Å². The summed E-state index contributed by atoms with van der Waals surface area (Å²) in [6.45, 7) is 1.91. The highest BCUT2D eigenvalue weighted by Crippen LogP contribution is 2.24. The number of amides is 1. The summed E-state index contributed by atoms with van der Waals surface area (Å²) < 4.78 is 5.79. The van der Waals surface area contributed by atoms with E-state index in [1.807, 2.05) is 49.4 Å². The van der Waals surface area contributed by atoms with Gasteiger partial charge >= 0.3 is 0 Å². The highest BCUT2D eigenvalue weighted by atomic mass is 35.5. The summed E-state index contributed by atoms with van der Waals surface area (Å²) in [6.07, 6.45) is -0.0224. The summed E-state index contributed by atoms with van der Waals surface area (Å²) in [4.78, 5) is 12.6. The Bertz CT molecular complexity index is 858. The normalized spacial score (nSPS) is 11.9. The summed E-state index contributed by atoms with van der Waals surface area (Å²) in [7, 11) is 0. The molecule has 0 saturated heterocycles. The molecule has 0 heterocycles. The molecule has 4 heteroatoms. The number of anilines is 1. The van der Waals surface area contributed by atoms with Crippen LogP contribution < -0.4 is 10.1 Å². The third-order valence-corrected chi connectivity index (χ3v) is 4.02. The zero-order valence-electron chi connectivity index (χ0n) is 13.3. The standard InChI is InChI=1S/C20H18ClNO2/c1-2-19(24-16-10-6-9-15(21)13-16)20(23)22-18-12-5-8-14-7-3-4-11-17(14)18/h3-13,19H,2H2,1H3,(H,22,23). The summed E-state index contributed by atoms with van der Waals surface area (Å²) in [6, 6.07) is 20.8. The Balaban J connectivity index is 1.79. The molecule has 0 aromatic heterocycles. The lowest BCUT2D eigenvalue weighted by atomic mass is 10.1. The van der Waals surface area contributed by atoms with Crippen molar-refractivity contribution in [1.82, 2.24) is 0 Å². The van der Waals surface area contributed by atoms with E-state index in [1.165, 1.54) is 0 Å². The van der Waals surface area contributed by atoms with Crippen molar-refractivity contribution in [2.45, 2.75) is 19.4 Å². The van der Waals surface area contributed by atoms with Gasteiger partial charge in [-0.1, -0.05) is 61.0 Å². The highest BCUT2D eigenvalue weighted by molar-refractivity contribution is 6.30. The van der Waals surface area contributed by atoms with Crippen LogP contribution in [0.1, 0.15) is 13.3 Å². The Labute approximate surface area is 146 Å². The van der Waals surface area contributed by atoms with E-state index >= 15 is 0 Å². The fraction of sp³-hybridized carbons (Fsp3) is 0.150. The summed E-state index contributed by atoms with van der Waals surface area (Å²) in [5, 5.41) is 5.64. The second-order valence-electron chi connectivity index (χ2n) is 5.49. The van der Waals surface area contributed by atoms with E-state index in [2.05, 4.69) is 5.32 Å². The molecule has 3 nitrogen and oxygen atoms in total. The van der Waals surface area contributed by atoms with Crippen molar-refractivity contribution in [3.63, 3.8) is 0 Å². The number of benzene rings is 3. The molecule has 3 aromatic rings. The van der Waals surface area contributed by atoms with E-state index in [1.54, 1.807) is 24.3 Å². The molecule has 1 atom stereocenters. The molecule has 0 spiro atoms. The molecule has 0 radical (unpaired) electrons. The molecule has 3 rings (SSSR count). The maximum Gasteiger partial charge on any atom is 0.265 e. The van der Waals surface area contributed by atoms with Gasteiger partial charge in [0.1, 0.15) is 5.75 Å². The molecular weight excluding hydrogens is 322 g/mol. The number of halogens is 1. The van der Waals surface area contributed by atoms with Gasteiger partial charge in [-0.2, -0.15) is 0 Å². The van der Waals surface area contributed by atoms with Crippen LogP contribution in [-0.4, -0.2) is 12.0 Å². The van der Waals surface area contributed by atoms with Crippen LogP contribution in [0.15, 0.2) is 66.7 Å². The molecule has 3 aromatic carbocycles. The highest BCUT2D eigenvalue weighted by Gasteiger charge is 2.19. The third kappa shape index (κ3) is 3.69. The number of hydrogen-bond acceptors (Lipinski definition) is 2. The molecule has 0 saturated carbocycles. The number of rotatable bonds is 5. The summed E-state index contributed by atoms with van der Waals surface area (Å²) in [5.41, 5.74) is 0.784. The Kier molecular flexibility index (Phi) is 5.02. The first-order valence-electron chi connectivity index (χ1n) is 7.88. The summed E-state index contributed by atoms with van der Waals surface area (Å²) >= 11 is 5.97. The second kappa shape index (κ2) is 7.37. The minimum absolute atomic E-state index is 0.172. The lowest BCUT2D eigenvalue weighted by molar-refractivity contribution is -0.122. The maximum atomic E-state index is 12.6. The van der Waals surface area contributed by atoms with Crippen molar-refractivity contribution >= 4 is 34.0 Å². The van der Waals surface area contributed by atoms with Crippen LogP contribution in [0.25, 0.3) is 10.8 Å². The van der Waals surface area contributed by atoms with Gasteiger partial charge in [-0.3, -0.25) is 4.79 Å². The third-order valence-electron chi connectivity index (χ3n) is 3.79. The number of carbonyl (C=O) groups excluding carboxylic acids is 1. The second-order valence-corrected chi connectivity index (χ2v) is 5.92. The molecule has 0 aliphatic rings. The Morgan fingerprint density at radius 3 is 2.62 bits per heavy atom. The van der Waals surface area contributed by atoms with Gasteiger partial charge in [-0.15, -0.1) is 0 Å². The van der Waals surface area contributed by atoms with Gasteiger partial charge in [0, 0.05) is 16.1 Å². The lowest BCUT2D eigenvalue weighted by Gasteiger charge is -2.18. The number of fused-ring (bicyclic) bond motifs is 1. The van der Waals surface area contributed by atoms with Crippen molar-refractivity contribution in [2.75, 3.05) is 5.32 Å². The van der Waals surface area contributed by atoms with E-state index in [0.29, 0.717) is 17.2 Å². The molecule has 122 valence electrons. The zero-order chi connectivity index (χ0) is 16.9. The smallest absolute Gasteiger partial charge is 0.265 e. The predicted molar refractivity (Wildman–Crippen MR) is 98.7 cm³/mol. The quantitative estimate of drug-likeness (QED) is 0.686. The van der Waals surface area contributed by atoms with Crippen molar-refractivity contribution in [3.05, 3.63) is 71.8 Å². The van der Waals surface area contributed by atoms with Crippen molar-refractivity contribution in [3.8, 4) is 5.75 Å². The van der Waals surface area contributed by atoms with Crippen LogP contribution in [-0.2, 0) is 4.79 Å². The molecule has 1 unspecified atom stereocenters. The molecule has 0 aliphatic heterocycles. The van der Waals surface area contributed by atoms with Crippen molar-refractivity contribution in [2.24, 2.45) is 0 Å². The van der Waals surface area contributed by atoms with Gasteiger partial charge in [0.05, 0.1) is 0 Å². The fourth-order valence-electron chi connectivity index (χ4n) is 2.57. The lowest BCUT2D eigenvalue weighted by Crippen LogP contribution is -2.32. The molecule has 24 heavy (non-hydrogen) atoms. The minimum atomic E-state index is -0.581. The topological polar surface area (TPSA) is 38.3 Å². The molecule has 1 amide bonds. The molecule has 0 aliphatic carbocycles. The van der Waals surface area contributed by atoms with Gasteiger partial charge < -0.3 is 10.1 Å². The van der Waals surface area contributed by atoms with Crippen LogP contribution in [0.3, 0.4) is 0 Å². The first-order valence-corrected chi connectivity index (χ1v) is 8.26. The van der Waals surface area contributed by atoms with E-state index < -0.39 is 6.10 Å². The van der Waals surface area contributed by atoms with Crippen molar-refractivity contribution < 1.29 is 9.53 Å². The fourth-order valence-corrected chi connectivity index (χ4v) is 2.75. The predicted octanol–water partition coefficient (Wildman–Crippen LogP) is 5.29. The van der Waals surface area contributed by atoms with E-state index in [9.17, 15) is 4.79 Å². The van der Waals surface area contributed by atoms with Gasteiger partial charge in [0.25, 0.3) is 5.91 Å². The van der Waals surface area contributed by atoms with Gasteiger partial charge in [-0.25, -0.2) is 0 Å². The zero-order valence-corrected chi connectivity index (χ0v) is 14.1. The van der Waals surface area contributed by atoms with Crippen LogP contribution in [0.2, 0.25) is 5.02 Å². The van der Waals surface area contributed by atoms with Crippen LogP contribution in [0, 0.1) is 0 Å². The van der Waals surface area contributed by atoms with E-state index in [-0.39, 0.29) is 5.91 Å². The number of nitrogens with one attached hydrogen (secondary N) is 1.